The minimum Gasteiger partial charge on any atom is -0.507 e. The Kier molecular flexibility index (Phi) is 7.41. The van der Waals surface area contributed by atoms with Gasteiger partial charge < -0.3 is 24.2 Å². The molecule has 0 aromatic heterocycles. The summed E-state index contributed by atoms with van der Waals surface area (Å²) in [5, 5.41) is 11.6. The molecule has 2 heterocycles. The molecular formula is C29H35NO6. The van der Waals surface area contributed by atoms with Gasteiger partial charge in [-0.05, 0) is 60.6 Å². The summed E-state index contributed by atoms with van der Waals surface area (Å²) in [6.07, 6.45) is 1.59. The minimum atomic E-state index is -0.757. The monoisotopic (exact) mass is 493 g/mol. The van der Waals surface area contributed by atoms with Crippen molar-refractivity contribution in [2.75, 3.05) is 26.9 Å². The van der Waals surface area contributed by atoms with E-state index in [-0.39, 0.29) is 29.4 Å². The molecule has 2 atom stereocenters. The molecule has 4 rings (SSSR count). The van der Waals surface area contributed by atoms with E-state index in [0.29, 0.717) is 35.8 Å². The summed E-state index contributed by atoms with van der Waals surface area (Å²) < 4.78 is 16.9. The summed E-state index contributed by atoms with van der Waals surface area (Å²) in [5.41, 5.74) is 1.92. The van der Waals surface area contributed by atoms with Gasteiger partial charge in [-0.15, -0.1) is 0 Å². The van der Waals surface area contributed by atoms with E-state index in [1.54, 1.807) is 6.07 Å². The fourth-order valence-corrected chi connectivity index (χ4v) is 4.84. The SMILES string of the molecule is CCOc1ccc(C2/C(=C(\O)c3cc(C(C)(C)C)ccc3OC)C(=O)C(=O)N2CC2CCCO2)cc1. The van der Waals surface area contributed by atoms with Crippen molar-refractivity contribution in [2.24, 2.45) is 0 Å². The largest absolute Gasteiger partial charge is 0.507 e. The number of methoxy groups -OCH3 is 1. The quantitative estimate of drug-likeness (QED) is 0.332. The number of carbonyl (C=O) groups is 2. The molecule has 1 amide bonds. The maximum atomic E-state index is 13.4. The van der Waals surface area contributed by atoms with Crippen molar-refractivity contribution in [3.63, 3.8) is 0 Å². The zero-order valence-corrected chi connectivity index (χ0v) is 21.7. The Bertz CT molecular complexity index is 1160. The van der Waals surface area contributed by atoms with Crippen LogP contribution in [-0.2, 0) is 19.7 Å². The molecule has 0 spiro atoms. The first-order valence-corrected chi connectivity index (χ1v) is 12.5. The van der Waals surface area contributed by atoms with Crippen LogP contribution in [0.1, 0.15) is 63.3 Å². The number of hydrogen-bond donors (Lipinski definition) is 1. The van der Waals surface area contributed by atoms with Crippen LogP contribution in [0.2, 0.25) is 0 Å². The van der Waals surface area contributed by atoms with E-state index in [2.05, 4.69) is 20.8 Å². The van der Waals surface area contributed by atoms with Crippen molar-refractivity contribution in [3.05, 3.63) is 64.7 Å². The number of hydrogen-bond acceptors (Lipinski definition) is 6. The maximum absolute atomic E-state index is 13.4. The normalized spacial score (nSPS) is 21.8. The Hall–Kier alpha value is -3.32. The third-order valence-corrected chi connectivity index (χ3v) is 6.79. The number of nitrogens with zero attached hydrogens (tertiary/aromatic N) is 1. The highest BCUT2D eigenvalue weighted by Crippen LogP contribution is 2.42. The number of amides is 1. The summed E-state index contributed by atoms with van der Waals surface area (Å²) in [6, 6.07) is 12.1. The first-order chi connectivity index (χ1) is 17.2. The average Bonchev–Trinajstić information content (AvgIpc) is 3.46. The third kappa shape index (κ3) is 4.98. The lowest BCUT2D eigenvalue weighted by atomic mass is 9.85. The van der Waals surface area contributed by atoms with Gasteiger partial charge in [0.05, 0.1) is 37.0 Å². The number of ether oxygens (including phenoxy) is 3. The number of aliphatic hydroxyl groups is 1. The number of aliphatic hydroxyl groups excluding tert-OH is 1. The lowest BCUT2D eigenvalue weighted by Crippen LogP contribution is -2.36. The predicted molar refractivity (Wildman–Crippen MR) is 137 cm³/mol. The van der Waals surface area contributed by atoms with Gasteiger partial charge in [0.1, 0.15) is 17.3 Å². The molecule has 2 aliphatic rings. The highest BCUT2D eigenvalue weighted by Gasteiger charge is 2.47. The molecule has 0 radical (unpaired) electrons. The summed E-state index contributed by atoms with van der Waals surface area (Å²) in [7, 11) is 1.52. The van der Waals surface area contributed by atoms with Crippen LogP contribution in [0.15, 0.2) is 48.0 Å². The molecule has 192 valence electrons. The molecule has 0 saturated carbocycles. The van der Waals surface area contributed by atoms with Gasteiger partial charge in [0.25, 0.3) is 11.7 Å². The van der Waals surface area contributed by atoms with Gasteiger partial charge in [0.15, 0.2) is 0 Å². The van der Waals surface area contributed by atoms with Crippen LogP contribution in [0.5, 0.6) is 11.5 Å². The molecule has 2 unspecified atom stereocenters. The van der Waals surface area contributed by atoms with Crippen molar-refractivity contribution in [2.45, 2.75) is 58.1 Å². The molecule has 2 fully saturated rings. The van der Waals surface area contributed by atoms with Crippen LogP contribution in [0, 0.1) is 0 Å². The van der Waals surface area contributed by atoms with Crippen molar-refractivity contribution >= 4 is 17.4 Å². The number of carbonyl (C=O) groups excluding carboxylic acids is 2. The molecule has 2 saturated heterocycles. The van der Waals surface area contributed by atoms with Gasteiger partial charge in [-0.25, -0.2) is 0 Å². The Labute approximate surface area is 212 Å². The molecule has 0 bridgehead atoms. The van der Waals surface area contributed by atoms with E-state index >= 15 is 0 Å². The second kappa shape index (κ2) is 10.3. The summed E-state index contributed by atoms with van der Waals surface area (Å²) in [6.45, 7) is 9.55. The van der Waals surface area contributed by atoms with Crippen molar-refractivity contribution in [3.8, 4) is 11.5 Å². The summed E-state index contributed by atoms with van der Waals surface area (Å²) in [5.74, 6) is -0.484. The standard InChI is InChI=1S/C29H35NO6/c1-6-35-20-12-9-18(10-13-20)25-24(27(32)28(33)30(25)17-21-8-7-15-36-21)26(31)22-16-19(29(2,3)4)11-14-23(22)34-5/h9-14,16,21,25,31H,6-8,15,17H2,1-5H3/b26-24+. The predicted octanol–water partition coefficient (Wildman–Crippen LogP) is 4.99. The van der Waals surface area contributed by atoms with E-state index in [4.69, 9.17) is 14.2 Å². The lowest BCUT2D eigenvalue weighted by Gasteiger charge is -2.28. The molecule has 0 aliphatic carbocycles. The fraction of sp³-hybridized carbons (Fsp3) is 0.448. The molecule has 2 aromatic rings. The van der Waals surface area contributed by atoms with Crippen molar-refractivity contribution in [1.82, 2.24) is 4.90 Å². The Morgan fingerprint density at radius 1 is 1.14 bits per heavy atom. The van der Waals surface area contributed by atoms with Crippen LogP contribution < -0.4 is 9.47 Å². The Morgan fingerprint density at radius 3 is 2.44 bits per heavy atom. The summed E-state index contributed by atoms with van der Waals surface area (Å²) >= 11 is 0. The highest BCUT2D eigenvalue weighted by molar-refractivity contribution is 6.46. The first-order valence-electron chi connectivity index (χ1n) is 12.5. The second-order valence-electron chi connectivity index (χ2n) is 10.3. The lowest BCUT2D eigenvalue weighted by molar-refractivity contribution is -0.140. The first kappa shape index (κ1) is 25.8. The van der Waals surface area contributed by atoms with E-state index in [1.807, 2.05) is 43.3 Å². The number of likely N-dealkylation sites (tertiary alicyclic amines) is 1. The van der Waals surface area contributed by atoms with E-state index < -0.39 is 17.7 Å². The Morgan fingerprint density at radius 2 is 1.86 bits per heavy atom. The molecule has 2 aliphatic heterocycles. The van der Waals surface area contributed by atoms with Crippen molar-refractivity contribution in [1.29, 1.82) is 0 Å². The van der Waals surface area contributed by atoms with Crippen molar-refractivity contribution < 1.29 is 28.9 Å². The average molecular weight is 494 g/mol. The Balaban J connectivity index is 1.87. The highest BCUT2D eigenvalue weighted by atomic mass is 16.5. The van der Waals surface area contributed by atoms with Gasteiger partial charge in [0.2, 0.25) is 0 Å². The van der Waals surface area contributed by atoms with Crippen LogP contribution >= 0.6 is 0 Å². The zero-order valence-electron chi connectivity index (χ0n) is 21.7. The molecule has 7 nitrogen and oxygen atoms in total. The number of benzene rings is 2. The minimum absolute atomic E-state index is 0.0477. The zero-order chi connectivity index (χ0) is 26.0. The molecule has 1 N–H and O–H groups in total. The number of rotatable bonds is 7. The third-order valence-electron chi connectivity index (χ3n) is 6.79. The van der Waals surface area contributed by atoms with Gasteiger partial charge in [-0.2, -0.15) is 0 Å². The van der Waals surface area contributed by atoms with Crippen LogP contribution in [0.3, 0.4) is 0 Å². The van der Waals surface area contributed by atoms with Crippen LogP contribution in [0.4, 0.5) is 0 Å². The molecule has 2 aromatic carbocycles. The van der Waals surface area contributed by atoms with Gasteiger partial charge in [0, 0.05) is 13.2 Å². The maximum Gasteiger partial charge on any atom is 0.295 e. The van der Waals surface area contributed by atoms with E-state index in [0.717, 1.165) is 18.4 Å². The topological polar surface area (TPSA) is 85.3 Å². The number of Topliss-reactive ketones (excluding diaryl/α,β-unsaturated/α-hetero) is 1. The second-order valence-corrected chi connectivity index (χ2v) is 10.3. The van der Waals surface area contributed by atoms with E-state index in [9.17, 15) is 14.7 Å². The molecule has 36 heavy (non-hydrogen) atoms. The van der Waals surface area contributed by atoms with Crippen LogP contribution in [-0.4, -0.2) is 54.7 Å². The van der Waals surface area contributed by atoms with E-state index in [1.165, 1.54) is 12.0 Å². The fourth-order valence-electron chi connectivity index (χ4n) is 4.84. The molecule has 7 heteroatoms. The van der Waals surface area contributed by atoms with Gasteiger partial charge in [-0.1, -0.05) is 39.0 Å². The van der Waals surface area contributed by atoms with Crippen LogP contribution in [0.25, 0.3) is 5.76 Å². The molecular weight excluding hydrogens is 458 g/mol. The summed E-state index contributed by atoms with van der Waals surface area (Å²) in [4.78, 5) is 28.2. The number of ketones is 1. The van der Waals surface area contributed by atoms with Gasteiger partial charge >= 0.3 is 0 Å². The van der Waals surface area contributed by atoms with Gasteiger partial charge in [-0.3, -0.25) is 9.59 Å². The smallest absolute Gasteiger partial charge is 0.295 e.